The average Bonchev–Trinajstić information content (AvgIpc) is 2.56. The van der Waals surface area contributed by atoms with E-state index in [-0.39, 0.29) is 36.6 Å². The van der Waals surface area contributed by atoms with E-state index in [4.69, 9.17) is 4.74 Å². The lowest BCUT2D eigenvalue weighted by Gasteiger charge is -2.31. The molecular formula is C17H26BrCl2N3O2. The largest absolute Gasteiger partial charge is 0.378 e. The Morgan fingerprint density at radius 2 is 2.04 bits per heavy atom. The second kappa shape index (κ2) is 10.6. The lowest BCUT2D eigenvalue weighted by Crippen LogP contribution is -2.40. The number of carbonyl (C=O) groups is 1. The number of nitrogens with zero attached hydrogens (tertiary/aromatic N) is 1. The molecule has 1 aromatic rings. The molecule has 2 saturated heterocycles. The highest BCUT2D eigenvalue weighted by molar-refractivity contribution is 9.10. The molecule has 0 radical (unpaired) electrons. The maximum absolute atomic E-state index is 12.7. The van der Waals surface area contributed by atoms with Crippen LogP contribution in [-0.2, 0) is 9.53 Å². The Morgan fingerprint density at radius 1 is 1.32 bits per heavy atom. The number of hydrogen-bond acceptors (Lipinski definition) is 4. The zero-order chi connectivity index (χ0) is 16.2. The summed E-state index contributed by atoms with van der Waals surface area (Å²) in [4.78, 5) is 14.9. The van der Waals surface area contributed by atoms with Gasteiger partial charge in [-0.15, -0.1) is 24.8 Å². The Balaban J connectivity index is 0.00000156. The molecule has 2 fully saturated rings. The number of hydrogen-bond donors (Lipinski definition) is 2. The van der Waals surface area contributed by atoms with Gasteiger partial charge < -0.3 is 20.3 Å². The molecule has 0 aromatic heterocycles. The molecule has 5 nitrogen and oxygen atoms in total. The SMILES string of the molecule is C[C@H]1C[C@@H](C(=O)Nc2cc(Br)ccc2N2CCOCC2)CCN1.Cl.Cl. The third kappa shape index (κ3) is 6.00. The maximum atomic E-state index is 12.7. The van der Waals surface area contributed by atoms with Crippen molar-refractivity contribution in [3.63, 3.8) is 0 Å². The predicted octanol–water partition coefficient (Wildman–Crippen LogP) is 3.46. The standard InChI is InChI=1S/C17H24BrN3O2.2ClH/c1-12-10-13(4-5-19-12)17(22)20-15-11-14(18)2-3-16(15)21-6-8-23-9-7-21;;/h2-3,11-13,19H,4-10H2,1H3,(H,20,22);2*1H/t12-,13-;;/m0../s1. The molecule has 2 aliphatic rings. The van der Waals surface area contributed by atoms with Crippen LogP contribution in [0.25, 0.3) is 0 Å². The normalized spacial score (nSPS) is 23.2. The van der Waals surface area contributed by atoms with Gasteiger partial charge in [-0.2, -0.15) is 0 Å². The fourth-order valence-electron chi connectivity index (χ4n) is 3.29. The molecule has 0 spiro atoms. The number of benzene rings is 1. The maximum Gasteiger partial charge on any atom is 0.227 e. The number of rotatable bonds is 3. The van der Waals surface area contributed by atoms with Gasteiger partial charge in [0.05, 0.1) is 24.6 Å². The third-order valence-electron chi connectivity index (χ3n) is 4.56. The second-order valence-corrected chi connectivity index (χ2v) is 7.24. The average molecular weight is 455 g/mol. The van der Waals surface area contributed by atoms with E-state index < -0.39 is 0 Å². The first-order chi connectivity index (χ1) is 11.1. The first-order valence-electron chi connectivity index (χ1n) is 8.30. The zero-order valence-corrected chi connectivity index (χ0v) is 17.5. The summed E-state index contributed by atoms with van der Waals surface area (Å²) in [7, 11) is 0. The van der Waals surface area contributed by atoms with E-state index in [0.29, 0.717) is 6.04 Å². The summed E-state index contributed by atoms with van der Waals surface area (Å²) >= 11 is 3.51. The van der Waals surface area contributed by atoms with Crippen LogP contribution in [0.4, 0.5) is 11.4 Å². The van der Waals surface area contributed by atoms with E-state index in [0.717, 1.165) is 61.5 Å². The Labute approximate surface area is 170 Å². The van der Waals surface area contributed by atoms with Crippen LogP contribution in [0.5, 0.6) is 0 Å². The van der Waals surface area contributed by atoms with Gasteiger partial charge in [0, 0.05) is 29.5 Å². The molecule has 0 aliphatic carbocycles. The smallest absolute Gasteiger partial charge is 0.227 e. The van der Waals surface area contributed by atoms with Crippen molar-refractivity contribution in [1.82, 2.24) is 5.32 Å². The van der Waals surface area contributed by atoms with E-state index in [1.165, 1.54) is 0 Å². The lowest BCUT2D eigenvalue weighted by molar-refractivity contribution is -0.120. The molecule has 0 saturated carbocycles. The van der Waals surface area contributed by atoms with Gasteiger partial charge in [-0.1, -0.05) is 15.9 Å². The van der Waals surface area contributed by atoms with Crippen LogP contribution in [0.15, 0.2) is 22.7 Å². The topological polar surface area (TPSA) is 53.6 Å². The van der Waals surface area contributed by atoms with E-state index in [1.807, 2.05) is 12.1 Å². The van der Waals surface area contributed by atoms with Crippen LogP contribution >= 0.6 is 40.7 Å². The van der Waals surface area contributed by atoms with E-state index in [9.17, 15) is 4.79 Å². The number of halogens is 3. The minimum atomic E-state index is 0. The number of morpholine rings is 1. The molecule has 25 heavy (non-hydrogen) atoms. The monoisotopic (exact) mass is 453 g/mol. The van der Waals surface area contributed by atoms with Crippen LogP contribution in [-0.4, -0.2) is 44.8 Å². The summed E-state index contributed by atoms with van der Waals surface area (Å²) in [5.74, 6) is 0.216. The highest BCUT2D eigenvalue weighted by atomic mass is 79.9. The molecule has 2 atom stereocenters. The number of piperidine rings is 1. The van der Waals surface area contributed by atoms with Crippen molar-refractivity contribution in [2.24, 2.45) is 5.92 Å². The van der Waals surface area contributed by atoms with Crippen LogP contribution in [0.2, 0.25) is 0 Å². The molecule has 1 amide bonds. The van der Waals surface area contributed by atoms with Crippen molar-refractivity contribution in [3.8, 4) is 0 Å². The fourth-order valence-corrected chi connectivity index (χ4v) is 3.65. The molecule has 2 heterocycles. The van der Waals surface area contributed by atoms with Crippen LogP contribution in [0.3, 0.4) is 0 Å². The third-order valence-corrected chi connectivity index (χ3v) is 5.06. The van der Waals surface area contributed by atoms with Gasteiger partial charge in [0.25, 0.3) is 0 Å². The summed E-state index contributed by atoms with van der Waals surface area (Å²) in [6, 6.07) is 6.48. The van der Waals surface area contributed by atoms with Gasteiger partial charge in [0.15, 0.2) is 0 Å². The first kappa shape index (κ1) is 22.5. The summed E-state index contributed by atoms with van der Waals surface area (Å²) in [6.45, 7) is 6.22. The van der Waals surface area contributed by atoms with Crippen molar-refractivity contribution in [2.45, 2.75) is 25.8 Å². The minimum absolute atomic E-state index is 0. The van der Waals surface area contributed by atoms with Gasteiger partial charge in [0.1, 0.15) is 0 Å². The van der Waals surface area contributed by atoms with E-state index >= 15 is 0 Å². The lowest BCUT2D eigenvalue weighted by atomic mass is 9.92. The molecule has 0 bridgehead atoms. The van der Waals surface area contributed by atoms with E-state index in [1.54, 1.807) is 0 Å². The van der Waals surface area contributed by atoms with Crippen molar-refractivity contribution in [2.75, 3.05) is 43.1 Å². The summed E-state index contributed by atoms with van der Waals surface area (Å²) in [5.41, 5.74) is 1.96. The molecule has 0 unspecified atom stereocenters. The number of nitrogens with one attached hydrogen (secondary N) is 2. The number of anilines is 2. The Bertz CT molecular complexity index is 571. The molecule has 2 aliphatic heterocycles. The number of ether oxygens (including phenoxy) is 1. The van der Waals surface area contributed by atoms with Gasteiger partial charge in [-0.3, -0.25) is 4.79 Å². The number of amides is 1. The highest BCUT2D eigenvalue weighted by Gasteiger charge is 2.26. The van der Waals surface area contributed by atoms with Gasteiger partial charge in [0.2, 0.25) is 5.91 Å². The van der Waals surface area contributed by atoms with Crippen molar-refractivity contribution < 1.29 is 9.53 Å². The van der Waals surface area contributed by atoms with Crippen molar-refractivity contribution >= 4 is 58.0 Å². The van der Waals surface area contributed by atoms with Crippen LogP contribution in [0, 0.1) is 5.92 Å². The second-order valence-electron chi connectivity index (χ2n) is 6.33. The molecule has 142 valence electrons. The Morgan fingerprint density at radius 3 is 2.72 bits per heavy atom. The minimum Gasteiger partial charge on any atom is -0.378 e. The van der Waals surface area contributed by atoms with Gasteiger partial charge >= 0.3 is 0 Å². The molecule has 3 rings (SSSR count). The van der Waals surface area contributed by atoms with Crippen LogP contribution in [0.1, 0.15) is 19.8 Å². The Hall–Kier alpha value is -0.530. The molecule has 2 N–H and O–H groups in total. The van der Waals surface area contributed by atoms with Crippen molar-refractivity contribution in [3.05, 3.63) is 22.7 Å². The zero-order valence-electron chi connectivity index (χ0n) is 14.3. The quantitative estimate of drug-likeness (QED) is 0.734. The summed E-state index contributed by atoms with van der Waals surface area (Å²) < 4.78 is 6.40. The summed E-state index contributed by atoms with van der Waals surface area (Å²) in [6.07, 6.45) is 1.80. The molecule has 1 aromatic carbocycles. The Kier molecular flexibility index (Phi) is 9.52. The first-order valence-corrected chi connectivity index (χ1v) is 9.09. The summed E-state index contributed by atoms with van der Waals surface area (Å²) in [5, 5.41) is 6.55. The van der Waals surface area contributed by atoms with E-state index in [2.05, 4.69) is 44.5 Å². The van der Waals surface area contributed by atoms with Gasteiger partial charge in [-0.25, -0.2) is 0 Å². The van der Waals surface area contributed by atoms with Crippen molar-refractivity contribution in [1.29, 1.82) is 0 Å². The van der Waals surface area contributed by atoms with Gasteiger partial charge in [-0.05, 0) is 44.5 Å². The van der Waals surface area contributed by atoms with Crippen LogP contribution < -0.4 is 15.5 Å². The number of carbonyl (C=O) groups excluding carboxylic acids is 1. The fraction of sp³-hybridized carbons (Fsp3) is 0.588. The predicted molar refractivity (Wildman–Crippen MR) is 110 cm³/mol. The molecular weight excluding hydrogens is 429 g/mol. The highest BCUT2D eigenvalue weighted by Crippen LogP contribution is 2.31. The molecule has 8 heteroatoms.